The average molecular weight is 452 g/mol. The van der Waals surface area contributed by atoms with Gasteiger partial charge in [0, 0.05) is 21.7 Å². The number of hydrazine groups is 1. The van der Waals surface area contributed by atoms with Crippen molar-refractivity contribution in [1.29, 1.82) is 0 Å². The van der Waals surface area contributed by atoms with Gasteiger partial charge < -0.3 is 10.6 Å². The summed E-state index contributed by atoms with van der Waals surface area (Å²) in [5.41, 5.74) is 8.78. The maximum absolute atomic E-state index is 12.5. The van der Waals surface area contributed by atoms with Crippen molar-refractivity contribution in [3.8, 4) is 0 Å². The summed E-state index contributed by atoms with van der Waals surface area (Å²) < 4.78 is 0.975. The zero-order chi connectivity index (χ0) is 19.4. The second-order valence-corrected chi connectivity index (χ2v) is 7.68. The summed E-state index contributed by atoms with van der Waals surface area (Å²) >= 11 is 9.35. The number of amides is 2. The van der Waals surface area contributed by atoms with Crippen LogP contribution in [0.2, 0.25) is 5.02 Å². The van der Waals surface area contributed by atoms with Gasteiger partial charge in [-0.05, 0) is 48.4 Å². The summed E-state index contributed by atoms with van der Waals surface area (Å²) in [5, 5.41) is 6.14. The van der Waals surface area contributed by atoms with Gasteiger partial charge in [-0.15, -0.1) is 0 Å². The molecule has 0 saturated carbocycles. The van der Waals surface area contributed by atoms with Gasteiger partial charge >= 0.3 is 0 Å². The van der Waals surface area contributed by atoms with E-state index in [2.05, 4.69) is 37.4 Å². The lowest BCUT2D eigenvalue weighted by Gasteiger charge is -2.18. The maximum atomic E-state index is 12.5. The Hall–Kier alpha value is -1.93. The molecular weight excluding hydrogens is 432 g/mol. The molecule has 2 amide bonds. The Kier molecular flexibility index (Phi) is 6.49. The molecule has 2 atom stereocenters. The van der Waals surface area contributed by atoms with Crippen molar-refractivity contribution in [3.05, 3.63) is 63.1 Å². The number of halogens is 2. The number of hydrogen-bond acceptors (Lipinski definition) is 4. The van der Waals surface area contributed by atoms with Crippen LogP contribution in [-0.4, -0.2) is 24.9 Å². The number of anilines is 1. The van der Waals surface area contributed by atoms with Crippen molar-refractivity contribution in [2.75, 3.05) is 18.4 Å². The Morgan fingerprint density at radius 2 is 1.96 bits per heavy atom. The topological polar surface area (TPSA) is 82.3 Å². The van der Waals surface area contributed by atoms with Crippen LogP contribution in [0.5, 0.6) is 0 Å². The third-order valence-corrected chi connectivity index (χ3v) is 5.55. The summed E-state index contributed by atoms with van der Waals surface area (Å²) in [7, 11) is 0. The van der Waals surface area contributed by atoms with E-state index < -0.39 is 0 Å². The molecule has 0 spiro atoms. The Morgan fingerprint density at radius 3 is 2.67 bits per heavy atom. The molecule has 1 fully saturated rings. The minimum atomic E-state index is -0.325. The molecule has 1 heterocycles. The SMILES string of the molecule is Cc1cc(NC(=O)CNC(=O)C2CNNC2c2ccc(Cl)cc2)ccc1Br. The first-order valence-electron chi connectivity index (χ1n) is 8.51. The van der Waals surface area contributed by atoms with Gasteiger partial charge in [-0.25, -0.2) is 5.43 Å². The first-order chi connectivity index (χ1) is 12.9. The number of hydrogen-bond donors (Lipinski definition) is 4. The number of carbonyl (C=O) groups excluding carboxylic acids is 2. The molecular formula is C19H20BrClN4O2. The molecule has 1 saturated heterocycles. The first-order valence-corrected chi connectivity index (χ1v) is 9.68. The third kappa shape index (κ3) is 5.07. The molecule has 4 N–H and O–H groups in total. The summed E-state index contributed by atoms with van der Waals surface area (Å²) in [6.07, 6.45) is 0. The molecule has 2 aromatic rings. The van der Waals surface area contributed by atoms with E-state index in [0.29, 0.717) is 17.3 Å². The maximum Gasteiger partial charge on any atom is 0.243 e. The van der Waals surface area contributed by atoms with E-state index >= 15 is 0 Å². The van der Waals surface area contributed by atoms with E-state index in [1.807, 2.05) is 31.2 Å². The van der Waals surface area contributed by atoms with Gasteiger partial charge in [-0.1, -0.05) is 39.7 Å². The van der Waals surface area contributed by atoms with Crippen molar-refractivity contribution in [1.82, 2.24) is 16.2 Å². The van der Waals surface area contributed by atoms with Gasteiger partial charge in [-0.3, -0.25) is 15.0 Å². The van der Waals surface area contributed by atoms with E-state index in [9.17, 15) is 9.59 Å². The van der Waals surface area contributed by atoms with Crippen LogP contribution >= 0.6 is 27.5 Å². The summed E-state index contributed by atoms with van der Waals surface area (Å²) in [6, 6.07) is 12.7. The molecule has 0 bridgehead atoms. The van der Waals surface area contributed by atoms with Crippen LogP contribution in [0.15, 0.2) is 46.9 Å². The van der Waals surface area contributed by atoms with Crippen molar-refractivity contribution in [2.45, 2.75) is 13.0 Å². The number of benzene rings is 2. The third-order valence-electron chi connectivity index (χ3n) is 4.41. The Bertz CT molecular complexity index is 844. The highest BCUT2D eigenvalue weighted by Crippen LogP contribution is 2.26. The molecule has 1 aliphatic rings. The largest absolute Gasteiger partial charge is 0.347 e. The van der Waals surface area contributed by atoms with Crippen LogP contribution in [0.25, 0.3) is 0 Å². The average Bonchev–Trinajstić information content (AvgIpc) is 3.13. The Labute approximate surface area is 171 Å². The molecule has 1 aliphatic heterocycles. The molecule has 27 heavy (non-hydrogen) atoms. The van der Waals surface area contributed by atoms with E-state index in [4.69, 9.17) is 11.6 Å². The monoisotopic (exact) mass is 450 g/mol. The quantitative estimate of drug-likeness (QED) is 0.563. The highest BCUT2D eigenvalue weighted by atomic mass is 79.9. The minimum absolute atomic E-state index is 0.0855. The highest BCUT2D eigenvalue weighted by molar-refractivity contribution is 9.10. The molecule has 2 unspecified atom stereocenters. The predicted octanol–water partition coefficient (Wildman–Crippen LogP) is 2.93. The number of aryl methyl sites for hydroxylation is 1. The molecule has 3 rings (SSSR count). The van der Waals surface area contributed by atoms with Gasteiger partial charge in [0.05, 0.1) is 18.5 Å². The highest BCUT2D eigenvalue weighted by Gasteiger charge is 2.33. The lowest BCUT2D eigenvalue weighted by molar-refractivity contribution is -0.127. The van der Waals surface area contributed by atoms with E-state index in [1.165, 1.54) is 0 Å². The molecule has 142 valence electrons. The number of rotatable bonds is 5. The Morgan fingerprint density at radius 1 is 1.22 bits per heavy atom. The molecule has 0 radical (unpaired) electrons. The molecule has 2 aromatic carbocycles. The van der Waals surface area contributed by atoms with Crippen LogP contribution in [0.4, 0.5) is 5.69 Å². The second kappa shape index (κ2) is 8.84. The van der Waals surface area contributed by atoms with Gasteiger partial charge in [0.25, 0.3) is 0 Å². The fourth-order valence-electron chi connectivity index (χ4n) is 2.95. The molecule has 0 aromatic heterocycles. The van der Waals surface area contributed by atoms with Crippen molar-refractivity contribution in [3.63, 3.8) is 0 Å². The van der Waals surface area contributed by atoms with Crippen LogP contribution in [0.3, 0.4) is 0 Å². The molecule has 6 nitrogen and oxygen atoms in total. The first kappa shape index (κ1) is 19.8. The van der Waals surface area contributed by atoms with Crippen LogP contribution in [0.1, 0.15) is 17.2 Å². The summed E-state index contributed by atoms with van der Waals surface area (Å²) in [6.45, 7) is 2.34. The standard InChI is InChI=1S/C19H20BrClN4O2/c1-11-8-14(6-7-16(11)20)24-17(26)10-22-19(27)15-9-23-25-18(15)12-2-4-13(21)5-3-12/h2-8,15,18,23,25H,9-10H2,1H3,(H,22,27)(H,24,26). The zero-order valence-electron chi connectivity index (χ0n) is 14.7. The lowest BCUT2D eigenvalue weighted by atomic mass is 9.94. The lowest BCUT2D eigenvalue weighted by Crippen LogP contribution is -2.39. The van der Waals surface area contributed by atoms with E-state index in [1.54, 1.807) is 18.2 Å². The Balaban J connectivity index is 1.55. The minimum Gasteiger partial charge on any atom is -0.347 e. The van der Waals surface area contributed by atoms with Crippen molar-refractivity contribution >= 4 is 45.0 Å². The molecule has 8 heteroatoms. The van der Waals surface area contributed by atoms with E-state index in [-0.39, 0.29) is 30.3 Å². The normalized spacial score (nSPS) is 18.9. The van der Waals surface area contributed by atoms with Crippen LogP contribution in [0, 0.1) is 12.8 Å². The number of nitrogens with one attached hydrogen (secondary N) is 4. The predicted molar refractivity (Wildman–Crippen MR) is 109 cm³/mol. The summed E-state index contributed by atoms with van der Waals surface area (Å²) in [5.74, 6) is -0.782. The smallest absolute Gasteiger partial charge is 0.243 e. The van der Waals surface area contributed by atoms with Crippen LogP contribution in [-0.2, 0) is 9.59 Å². The number of carbonyl (C=O) groups is 2. The fraction of sp³-hybridized carbons (Fsp3) is 0.263. The second-order valence-electron chi connectivity index (χ2n) is 6.39. The van der Waals surface area contributed by atoms with Crippen molar-refractivity contribution in [2.24, 2.45) is 5.92 Å². The van der Waals surface area contributed by atoms with Gasteiger partial charge in [-0.2, -0.15) is 0 Å². The van der Waals surface area contributed by atoms with E-state index in [0.717, 1.165) is 15.6 Å². The van der Waals surface area contributed by atoms with Gasteiger partial charge in [0.1, 0.15) is 0 Å². The van der Waals surface area contributed by atoms with Crippen molar-refractivity contribution < 1.29 is 9.59 Å². The van der Waals surface area contributed by atoms with Crippen LogP contribution < -0.4 is 21.5 Å². The van der Waals surface area contributed by atoms with Gasteiger partial charge in [0.2, 0.25) is 11.8 Å². The molecule has 0 aliphatic carbocycles. The zero-order valence-corrected chi connectivity index (χ0v) is 17.0. The summed E-state index contributed by atoms with van der Waals surface area (Å²) in [4.78, 5) is 24.7. The fourth-order valence-corrected chi connectivity index (χ4v) is 3.33. The van der Waals surface area contributed by atoms with Gasteiger partial charge in [0.15, 0.2) is 0 Å².